The van der Waals surface area contributed by atoms with Gasteiger partial charge in [0.1, 0.15) is 0 Å². The van der Waals surface area contributed by atoms with Crippen molar-refractivity contribution in [3.05, 3.63) is 24.5 Å². The number of carbonyl (C=O) groups excluding carboxylic acids is 1. The van der Waals surface area contributed by atoms with Crippen molar-refractivity contribution in [1.29, 1.82) is 0 Å². The van der Waals surface area contributed by atoms with Gasteiger partial charge in [-0.1, -0.05) is 0 Å². The van der Waals surface area contributed by atoms with Crippen molar-refractivity contribution >= 4 is 11.6 Å². The highest BCUT2D eigenvalue weighted by Gasteiger charge is 2.25. The number of rotatable bonds is 3. The first kappa shape index (κ1) is 12.0. The van der Waals surface area contributed by atoms with E-state index in [-0.39, 0.29) is 18.4 Å². The third-order valence-electron chi connectivity index (χ3n) is 3.42. The highest BCUT2D eigenvalue weighted by molar-refractivity contribution is 5.92. The van der Waals surface area contributed by atoms with Gasteiger partial charge in [0.15, 0.2) is 0 Å². The Morgan fingerprint density at radius 3 is 2.53 bits per heavy atom. The lowest BCUT2D eigenvalue weighted by molar-refractivity contribution is -0.121. The van der Waals surface area contributed by atoms with Crippen molar-refractivity contribution in [3.63, 3.8) is 0 Å². The average molecular weight is 234 g/mol. The molecule has 1 amide bonds. The zero-order chi connectivity index (χ0) is 12.1. The van der Waals surface area contributed by atoms with E-state index in [4.69, 9.17) is 5.11 Å². The molecule has 0 radical (unpaired) electrons. The third-order valence-corrected chi connectivity index (χ3v) is 3.42. The molecule has 0 bridgehead atoms. The van der Waals surface area contributed by atoms with Crippen molar-refractivity contribution in [3.8, 4) is 0 Å². The van der Waals surface area contributed by atoms with Gasteiger partial charge in [0.25, 0.3) is 0 Å². The molecule has 0 spiro atoms. The summed E-state index contributed by atoms with van der Waals surface area (Å²) >= 11 is 0. The summed E-state index contributed by atoms with van der Waals surface area (Å²) in [5.74, 6) is 0.568. The molecule has 1 saturated carbocycles. The second-order valence-corrected chi connectivity index (χ2v) is 4.63. The molecule has 0 aromatic carbocycles. The third kappa shape index (κ3) is 3.27. The standard InChI is InChI=1S/C13H18N2O2/c16-9-10-1-3-11(4-2-10)13(17)15-12-5-7-14-8-6-12/h5-8,10-11,16H,1-4,9H2,(H,14,15,17). The number of carbonyl (C=O) groups is 1. The van der Waals surface area contributed by atoms with E-state index in [9.17, 15) is 4.79 Å². The zero-order valence-electron chi connectivity index (χ0n) is 9.80. The maximum Gasteiger partial charge on any atom is 0.227 e. The van der Waals surface area contributed by atoms with Crippen LogP contribution in [0.3, 0.4) is 0 Å². The lowest BCUT2D eigenvalue weighted by atomic mass is 9.82. The summed E-state index contributed by atoms with van der Waals surface area (Å²) in [6.07, 6.45) is 6.98. The Hall–Kier alpha value is -1.42. The van der Waals surface area contributed by atoms with Gasteiger partial charge in [-0.05, 0) is 43.7 Å². The summed E-state index contributed by atoms with van der Waals surface area (Å²) in [7, 11) is 0. The fraction of sp³-hybridized carbons (Fsp3) is 0.538. The highest BCUT2D eigenvalue weighted by Crippen LogP contribution is 2.29. The van der Waals surface area contributed by atoms with Crippen LogP contribution in [0.2, 0.25) is 0 Å². The number of amides is 1. The number of nitrogens with zero attached hydrogens (tertiary/aromatic N) is 1. The van der Waals surface area contributed by atoms with Gasteiger partial charge in [-0.15, -0.1) is 0 Å². The molecule has 0 saturated heterocycles. The summed E-state index contributed by atoms with van der Waals surface area (Å²) in [5.41, 5.74) is 0.800. The van der Waals surface area contributed by atoms with Gasteiger partial charge in [-0.2, -0.15) is 0 Å². The lowest BCUT2D eigenvalue weighted by Crippen LogP contribution is -2.28. The molecule has 0 unspecified atom stereocenters. The molecule has 2 N–H and O–H groups in total. The van der Waals surface area contributed by atoms with Crippen LogP contribution in [0.5, 0.6) is 0 Å². The quantitative estimate of drug-likeness (QED) is 0.838. The molecule has 4 nitrogen and oxygen atoms in total. The summed E-state index contributed by atoms with van der Waals surface area (Å²) < 4.78 is 0. The first-order valence-electron chi connectivity index (χ1n) is 6.11. The van der Waals surface area contributed by atoms with Crippen molar-refractivity contribution in [2.24, 2.45) is 11.8 Å². The SMILES string of the molecule is O=C(Nc1ccncc1)C1CCC(CO)CC1. The second kappa shape index (κ2) is 5.77. The molecule has 1 aromatic rings. The average Bonchev–Trinajstić information content (AvgIpc) is 2.40. The maximum atomic E-state index is 12.0. The van der Waals surface area contributed by atoms with Crippen LogP contribution in [0.15, 0.2) is 24.5 Å². The smallest absolute Gasteiger partial charge is 0.227 e. The molecule has 92 valence electrons. The number of nitrogens with one attached hydrogen (secondary N) is 1. The molecular formula is C13H18N2O2. The number of pyridine rings is 1. The van der Waals surface area contributed by atoms with E-state index in [0.717, 1.165) is 31.4 Å². The van der Waals surface area contributed by atoms with Crippen molar-refractivity contribution in [2.45, 2.75) is 25.7 Å². The topological polar surface area (TPSA) is 62.2 Å². The number of aliphatic hydroxyl groups excluding tert-OH is 1. The van der Waals surface area contributed by atoms with Gasteiger partial charge in [-0.3, -0.25) is 9.78 Å². The molecule has 1 aromatic heterocycles. The normalized spacial score (nSPS) is 24.3. The van der Waals surface area contributed by atoms with Gasteiger partial charge in [0.2, 0.25) is 5.91 Å². The molecule has 4 heteroatoms. The van der Waals surface area contributed by atoms with Crippen molar-refractivity contribution in [2.75, 3.05) is 11.9 Å². The van der Waals surface area contributed by atoms with Crippen LogP contribution < -0.4 is 5.32 Å². The van der Waals surface area contributed by atoms with Crippen LogP contribution in [-0.2, 0) is 4.79 Å². The molecule has 1 heterocycles. The zero-order valence-corrected chi connectivity index (χ0v) is 9.80. The predicted molar refractivity (Wildman–Crippen MR) is 65.4 cm³/mol. The van der Waals surface area contributed by atoms with Gasteiger partial charge in [-0.25, -0.2) is 0 Å². The molecule has 17 heavy (non-hydrogen) atoms. The predicted octanol–water partition coefficient (Wildman–Crippen LogP) is 1.82. The van der Waals surface area contributed by atoms with Crippen LogP contribution in [0.25, 0.3) is 0 Å². The fourth-order valence-electron chi connectivity index (χ4n) is 2.29. The highest BCUT2D eigenvalue weighted by atomic mass is 16.3. The van der Waals surface area contributed by atoms with Gasteiger partial charge < -0.3 is 10.4 Å². The Bertz CT molecular complexity index is 359. The van der Waals surface area contributed by atoms with Crippen molar-refractivity contribution < 1.29 is 9.90 Å². The molecule has 1 aliphatic carbocycles. The Balaban J connectivity index is 1.85. The van der Waals surface area contributed by atoms with E-state index in [1.165, 1.54) is 0 Å². The summed E-state index contributed by atoms with van der Waals surface area (Å²) in [6, 6.07) is 3.58. The summed E-state index contributed by atoms with van der Waals surface area (Å²) in [5, 5.41) is 11.9. The molecule has 0 aliphatic heterocycles. The number of hydrogen-bond donors (Lipinski definition) is 2. The summed E-state index contributed by atoms with van der Waals surface area (Å²) in [4.78, 5) is 15.9. The maximum absolute atomic E-state index is 12.0. The van der Waals surface area contributed by atoms with Gasteiger partial charge in [0, 0.05) is 30.6 Å². The molecular weight excluding hydrogens is 216 g/mol. The number of hydrogen-bond acceptors (Lipinski definition) is 3. The Labute approximate surface area is 101 Å². The first-order valence-corrected chi connectivity index (χ1v) is 6.11. The largest absolute Gasteiger partial charge is 0.396 e. The van der Waals surface area contributed by atoms with Crippen LogP contribution in [0.4, 0.5) is 5.69 Å². The van der Waals surface area contributed by atoms with Crippen LogP contribution in [-0.4, -0.2) is 22.6 Å². The molecule has 1 aliphatic rings. The van der Waals surface area contributed by atoms with E-state index in [1.807, 2.05) is 0 Å². The van der Waals surface area contributed by atoms with Crippen LogP contribution >= 0.6 is 0 Å². The second-order valence-electron chi connectivity index (χ2n) is 4.63. The minimum Gasteiger partial charge on any atom is -0.396 e. The van der Waals surface area contributed by atoms with E-state index >= 15 is 0 Å². The lowest BCUT2D eigenvalue weighted by Gasteiger charge is -2.26. The van der Waals surface area contributed by atoms with Crippen LogP contribution in [0.1, 0.15) is 25.7 Å². The van der Waals surface area contributed by atoms with E-state index in [2.05, 4.69) is 10.3 Å². The number of aromatic nitrogens is 1. The molecule has 2 rings (SSSR count). The monoisotopic (exact) mass is 234 g/mol. The number of anilines is 1. The van der Waals surface area contributed by atoms with E-state index in [0.29, 0.717) is 5.92 Å². The Morgan fingerprint density at radius 1 is 1.29 bits per heavy atom. The van der Waals surface area contributed by atoms with Gasteiger partial charge in [0.05, 0.1) is 0 Å². The molecule has 1 fully saturated rings. The van der Waals surface area contributed by atoms with Gasteiger partial charge >= 0.3 is 0 Å². The van der Waals surface area contributed by atoms with E-state index in [1.54, 1.807) is 24.5 Å². The Morgan fingerprint density at radius 2 is 1.94 bits per heavy atom. The van der Waals surface area contributed by atoms with E-state index < -0.39 is 0 Å². The number of aliphatic hydroxyl groups is 1. The minimum atomic E-state index is 0.0889. The summed E-state index contributed by atoms with van der Waals surface area (Å²) in [6.45, 7) is 0.249. The van der Waals surface area contributed by atoms with Crippen molar-refractivity contribution in [1.82, 2.24) is 4.98 Å². The molecule has 0 atom stereocenters. The first-order chi connectivity index (χ1) is 8.29. The Kier molecular flexibility index (Phi) is 4.09. The van der Waals surface area contributed by atoms with Crippen LogP contribution in [0, 0.1) is 11.8 Å². The minimum absolute atomic E-state index is 0.0889. The fourth-order valence-corrected chi connectivity index (χ4v) is 2.29.